The molecular weight excluding hydrogens is 388 g/mol. The van der Waals surface area contributed by atoms with Crippen molar-refractivity contribution in [3.8, 4) is 0 Å². The van der Waals surface area contributed by atoms with Gasteiger partial charge in [0.1, 0.15) is 0 Å². The topological polar surface area (TPSA) is 46.2 Å². The molecule has 2 heterocycles. The Bertz CT molecular complexity index is 564. The van der Waals surface area contributed by atoms with Crippen LogP contribution in [0.15, 0.2) is 32.1 Å². The van der Waals surface area contributed by atoms with Gasteiger partial charge >= 0.3 is 0 Å². The summed E-state index contributed by atoms with van der Waals surface area (Å²) in [6.45, 7) is 1.77. The van der Waals surface area contributed by atoms with Crippen LogP contribution in [0, 0.1) is 0 Å². The molecule has 20 heavy (non-hydrogen) atoms. The molecule has 0 aliphatic carbocycles. The van der Waals surface area contributed by atoms with E-state index in [1.807, 2.05) is 24.0 Å². The lowest BCUT2D eigenvalue weighted by atomic mass is 10.1. The van der Waals surface area contributed by atoms with Gasteiger partial charge in [0, 0.05) is 12.1 Å². The van der Waals surface area contributed by atoms with Crippen molar-refractivity contribution in [2.24, 2.45) is 0 Å². The predicted molar refractivity (Wildman–Crippen MR) is 85.8 cm³/mol. The minimum absolute atomic E-state index is 0.0159. The summed E-state index contributed by atoms with van der Waals surface area (Å²) in [5, 5.41) is 7.78. The third kappa shape index (κ3) is 3.33. The van der Waals surface area contributed by atoms with Crippen LogP contribution in [0.2, 0.25) is 0 Å². The first-order chi connectivity index (χ1) is 9.54. The first kappa shape index (κ1) is 15.8. The van der Waals surface area contributed by atoms with E-state index in [1.165, 1.54) is 0 Å². The van der Waals surface area contributed by atoms with Crippen molar-refractivity contribution in [2.75, 3.05) is 27.7 Å². The van der Waals surface area contributed by atoms with Crippen molar-refractivity contribution >= 4 is 31.9 Å². The molecule has 2 aromatic rings. The van der Waals surface area contributed by atoms with Crippen molar-refractivity contribution in [2.45, 2.75) is 12.6 Å². The monoisotopic (exact) mass is 404 g/mol. The molecule has 0 aromatic carbocycles. The molecule has 2 rings (SSSR count). The Balaban J connectivity index is 2.34. The third-order valence-corrected chi connectivity index (χ3v) is 4.37. The molecule has 0 radical (unpaired) electrons. The zero-order valence-corrected chi connectivity index (χ0v) is 14.9. The van der Waals surface area contributed by atoms with Crippen molar-refractivity contribution in [3.63, 3.8) is 0 Å². The number of halogens is 2. The number of furan rings is 1. The number of hydrogen-bond acceptors (Lipinski definition) is 4. The maximum absolute atomic E-state index is 5.35. The van der Waals surface area contributed by atoms with Gasteiger partial charge in [0.2, 0.25) is 0 Å². The molecule has 1 unspecified atom stereocenters. The quantitative estimate of drug-likeness (QED) is 0.802. The van der Waals surface area contributed by atoms with E-state index < -0.39 is 0 Å². The normalized spacial score (nSPS) is 13.1. The molecule has 0 amide bonds. The SMILES string of the molecule is CNC(c1ccoc1Br)c1c(Br)cnn1CCN(C)C. The highest BCUT2D eigenvalue weighted by molar-refractivity contribution is 9.10. The van der Waals surface area contributed by atoms with Crippen molar-refractivity contribution in [1.82, 2.24) is 20.0 Å². The van der Waals surface area contributed by atoms with E-state index in [0.717, 1.165) is 33.5 Å². The van der Waals surface area contributed by atoms with Crippen LogP contribution in [0.25, 0.3) is 0 Å². The minimum atomic E-state index is 0.0159. The lowest BCUT2D eigenvalue weighted by molar-refractivity contribution is 0.366. The van der Waals surface area contributed by atoms with Crippen LogP contribution in [-0.4, -0.2) is 42.4 Å². The van der Waals surface area contributed by atoms with Crippen LogP contribution in [-0.2, 0) is 6.54 Å². The Morgan fingerprint density at radius 2 is 2.20 bits per heavy atom. The summed E-state index contributed by atoms with van der Waals surface area (Å²) in [4.78, 5) is 2.14. The van der Waals surface area contributed by atoms with Crippen LogP contribution in [0.5, 0.6) is 0 Å². The molecule has 1 N–H and O–H groups in total. The Morgan fingerprint density at radius 1 is 1.45 bits per heavy atom. The summed E-state index contributed by atoms with van der Waals surface area (Å²) in [5.74, 6) is 0. The van der Waals surface area contributed by atoms with E-state index in [9.17, 15) is 0 Å². The molecule has 7 heteroatoms. The first-order valence-electron chi connectivity index (χ1n) is 6.30. The van der Waals surface area contributed by atoms with E-state index in [0.29, 0.717) is 0 Å². The molecule has 0 aliphatic rings. The van der Waals surface area contributed by atoms with Gasteiger partial charge in [-0.1, -0.05) is 0 Å². The van der Waals surface area contributed by atoms with Gasteiger partial charge < -0.3 is 14.6 Å². The molecule has 1 atom stereocenters. The molecule has 0 fully saturated rings. The van der Waals surface area contributed by atoms with Crippen LogP contribution in [0.4, 0.5) is 0 Å². The summed E-state index contributed by atoms with van der Waals surface area (Å²) < 4.78 is 9.09. The summed E-state index contributed by atoms with van der Waals surface area (Å²) in [6.07, 6.45) is 3.52. The maximum Gasteiger partial charge on any atom is 0.174 e. The smallest absolute Gasteiger partial charge is 0.174 e. The van der Waals surface area contributed by atoms with Gasteiger partial charge in [0.05, 0.1) is 35.2 Å². The van der Waals surface area contributed by atoms with Gasteiger partial charge in [-0.25, -0.2) is 0 Å². The highest BCUT2D eigenvalue weighted by Crippen LogP contribution is 2.33. The fourth-order valence-electron chi connectivity index (χ4n) is 2.08. The highest BCUT2D eigenvalue weighted by Gasteiger charge is 2.23. The summed E-state index contributed by atoms with van der Waals surface area (Å²) in [5.41, 5.74) is 2.15. The van der Waals surface area contributed by atoms with E-state index in [1.54, 1.807) is 6.26 Å². The summed E-state index contributed by atoms with van der Waals surface area (Å²) >= 11 is 7.04. The first-order valence-corrected chi connectivity index (χ1v) is 7.89. The predicted octanol–water partition coefficient (Wildman–Crippen LogP) is 2.87. The van der Waals surface area contributed by atoms with Crippen molar-refractivity contribution in [1.29, 1.82) is 0 Å². The molecule has 0 bridgehead atoms. The molecular formula is C13H18Br2N4O. The number of hydrogen-bond donors (Lipinski definition) is 1. The Kier molecular flexibility index (Phi) is 5.42. The molecule has 2 aromatic heterocycles. The number of aromatic nitrogens is 2. The fraction of sp³-hybridized carbons (Fsp3) is 0.462. The van der Waals surface area contributed by atoms with Crippen LogP contribution >= 0.6 is 31.9 Å². The Morgan fingerprint density at radius 3 is 2.75 bits per heavy atom. The average molecular weight is 406 g/mol. The van der Waals surface area contributed by atoms with Crippen LogP contribution < -0.4 is 5.32 Å². The second-order valence-corrected chi connectivity index (χ2v) is 6.35. The lowest BCUT2D eigenvalue weighted by Crippen LogP contribution is -2.25. The maximum atomic E-state index is 5.35. The van der Waals surface area contributed by atoms with Crippen LogP contribution in [0.3, 0.4) is 0 Å². The molecule has 0 saturated carbocycles. The number of nitrogens with zero attached hydrogens (tertiary/aromatic N) is 3. The number of nitrogens with one attached hydrogen (secondary N) is 1. The standard InChI is InChI=1S/C13H18Br2N4O/c1-16-11(9-4-7-20-13(9)15)12-10(14)8-17-19(12)6-5-18(2)3/h4,7-8,11,16H,5-6H2,1-3H3. The highest BCUT2D eigenvalue weighted by atomic mass is 79.9. The zero-order chi connectivity index (χ0) is 14.7. The second-order valence-electron chi connectivity index (χ2n) is 4.78. The van der Waals surface area contributed by atoms with Gasteiger partial charge in [-0.2, -0.15) is 5.10 Å². The van der Waals surface area contributed by atoms with Gasteiger partial charge in [0.25, 0.3) is 0 Å². The Hall–Kier alpha value is -0.630. The Labute approximate surface area is 135 Å². The van der Waals surface area contributed by atoms with E-state index in [-0.39, 0.29) is 6.04 Å². The van der Waals surface area contributed by atoms with Gasteiger partial charge in [0.15, 0.2) is 4.67 Å². The second kappa shape index (κ2) is 6.89. The summed E-state index contributed by atoms with van der Waals surface area (Å²) in [6, 6.07) is 1.98. The van der Waals surface area contributed by atoms with Crippen molar-refractivity contribution < 1.29 is 4.42 Å². The lowest BCUT2D eigenvalue weighted by Gasteiger charge is -2.19. The van der Waals surface area contributed by atoms with E-state index in [2.05, 4.69) is 61.3 Å². The molecule has 110 valence electrons. The molecule has 0 saturated heterocycles. The van der Waals surface area contributed by atoms with Crippen molar-refractivity contribution in [3.05, 3.63) is 38.9 Å². The van der Waals surface area contributed by atoms with Gasteiger partial charge in [-0.3, -0.25) is 4.68 Å². The van der Waals surface area contributed by atoms with Gasteiger partial charge in [-0.05, 0) is 59.1 Å². The number of rotatable bonds is 6. The average Bonchev–Trinajstić information content (AvgIpc) is 2.97. The summed E-state index contributed by atoms with van der Waals surface area (Å²) in [7, 11) is 6.04. The molecule has 0 spiro atoms. The van der Waals surface area contributed by atoms with Gasteiger partial charge in [-0.15, -0.1) is 0 Å². The fourth-order valence-corrected chi connectivity index (χ4v) is 3.08. The largest absolute Gasteiger partial charge is 0.457 e. The third-order valence-electron chi connectivity index (χ3n) is 3.11. The number of likely N-dealkylation sites (N-methyl/N-ethyl adjacent to an activating group) is 1. The van der Waals surface area contributed by atoms with Crippen LogP contribution in [0.1, 0.15) is 17.3 Å². The molecule has 0 aliphatic heterocycles. The minimum Gasteiger partial charge on any atom is -0.457 e. The van der Waals surface area contributed by atoms with E-state index >= 15 is 0 Å². The zero-order valence-electron chi connectivity index (χ0n) is 11.7. The molecule has 5 nitrogen and oxygen atoms in total. The van der Waals surface area contributed by atoms with E-state index in [4.69, 9.17) is 4.42 Å².